The van der Waals surface area contributed by atoms with Gasteiger partial charge in [0.25, 0.3) is 0 Å². The van der Waals surface area contributed by atoms with Gasteiger partial charge in [-0.2, -0.15) is 0 Å². The van der Waals surface area contributed by atoms with E-state index in [0.717, 1.165) is 12.8 Å². The lowest BCUT2D eigenvalue weighted by molar-refractivity contribution is -0.254. The van der Waals surface area contributed by atoms with Crippen LogP contribution >= 0.6 is 0 Å². The zero-order valence-corrected chi connectivity index (χ0v) is 16.4. The molecule has 27 heavy (non-hydrogen) atoms. The van der Waals surface area contributed by atoms with Crippen LogP contribution in [0.15, 0.2) is 0 Å². The largest absolute Gasteiger partial charge is 0.388 e. The van der Waals surface area contributed by atoms with Crippen LogP contribution in [-0.4, -0.2) is 99.0 Å². The number of nitrogens with two attached hydrogens (primary N) is 3. The number of rotatable bonds is 7. The van der Waals surface area contributed by atoms with E-state index in [4.69, 9.17) is 31.4 Å². The highest BCUT2D eigenvalue weighted by atomic mass is 16.7. The Kier molecular flexibility index (Phi) is 8.38. The van der Waals surface area contributed by atoms with Gasteiger partial charge in [-0.25, -0.2) is 0 Å². The first-order valence-electron chi connectivity index (χ1n) is 9.47. The van der Waals surface area contributed by atoms with Gasteiger partial charge in [0.15, 0.2) is 6.29 Å². The molecule has 0 unspecified atom stereocenters. The molecule has 2 fully saturated rings. The second-order valence-corrected chi connectivity index (χ2v) is 7.39. The van der Waals surface area contributed by atoms with E-state index < -0.39 is 36.7 Å². The molecule has 1 saturated heterocycles. The number of hydrogen-bond acceptors (Lipinski definition) is 9. The Morgan fingerprint density at radius 2 is 2.04 bits per heavy atom. The zero-order chi connectivity index (χ0) is 20.1. The fraction of sp³-hybridized carbons (Fsp3) is 0.941. The van der Waals surface area contributed by atoms with E-state index in [9.17, 15) is 9.90 Å². The van der Waals surface area contributed by atoms with Crippen LogP contribution in [0.4, 0.5) is 0 Å². The van der Waals surface area contributed by atoms with Gasteiger partial charge in [0.2, 0.25) is 5.91 Å². The monoisotopic (exact) mass is 389 g/mol. The van der Waals surface area contributed by atoms with Crippen molar-refractivity contribution in [2.75, 3.05) is 34.3 Å². The van der Waals surface area contributed by atoms with Crippen LogP contribution in [0.3, 0.4) is 0 Å². The normalized spacial score (nSPS) is 40.0. The van der Waals surface area contributed by atoms with E-state index >= 15 is 0 Å². The highest BCUT2D eigenvalue weighted by molar-refractivity contribution is 5.78. The minimum atomic E-state index is -1.06. The second kappa shape index (κ2) is 10.1. The minimum Gasteiger partial charge on any atom is -0.388 e. The van der Waals surface area contributed by atoms with Crippen LogP contribution in [0.5, 0.6) is 0 Å². The molecule has 0 spiro atoms. The zero-order valence-electron chi connectivity index (χ0n) is 16.4. The van der Waals surface area contributed by atoms with E-state index in [1.165, 1.54) is 12.0 Å². The molecule has 1 amide bonds. The van der Waals surface area contributed by atoms with E-state index in [0.29, 0.717) is 13.0 Å². The third kappa shape index (κ3) is 5.15. The SMILES string of the molecule is CNC[C@@H]1CC[C@@H](N)[C@@H](O[C@H]2[C@H](O)[C@@H](N(C)C(=O)CN)[C@@H](OC)C[C@@H]2N)O1. The van der Waals surface area contributed by atoms with E-state index in [1.807, 2.05) is 7.05 Å². The van der Waals surface area contributed by atoms with Gasteiger partial charge >= 0.3 is 0 Å². The summed E-state index contributed by atoms with van der Waals surface area (Å²) in [5.74, 6) is -0.296. The van der Waals surface area contributed by atoms with Crippen molar-refractivity contribution >= 4 is 5.91 Å². The topological polar surface area (TPSA) is 158 Å². The van der Waals surface area contributed by atoms with Gasteiger partial charge in [-0.05, 0) is 26.3 Å². The summed E-state index contributed by atoms with van der Waals surface area (Å²) in [7, 11) is 4.98. The van der Waals surface area contributed by atoms with Crippen LogP contribution < -0.4 is 22.5 Å². The third-order valence-electron chi connectivity index (χ3n) is 5.53. The van der Waals surface area contributed by atoms with E-state index in [2.05, 4.69) is 5.32 Å². The van der Waals surface area contributed by atoms with Crippen molar-refractivity contribution in [3.63, 3.8) is 0 Å². The fourth-order valence-electron chi connectivity index (χ4n) is 3.95. The lowest BCUT2D eigenvalue weighted by Gasteiger charge is -2.48. The molecule has 8 N–H and O–H groups in total. The van der Waals surface area contributed by atoms with Crippen molar-refractivity contribution in [3.05, 3.63) is 0 Å². The smallest absolute Gasteiger partial charge is 0.236 e. The number of likely N-dealkylation sites (N-methyl/N-ethyl adjacent to an activating group) is 2. The van der Waals surface area contributed by atoms with Gasteiger partial charge in [-0.3, -0.25) is 4.79 Å². The number of carbonyl (C=O) groups excluding carboxylic acids is 1. The summed E-state index contributed by atoms with van der Waals surface area (Å²) in [6.45, 7) is 0.532. The number of nitrogens with zero attached hydrogens (tertiary/aromatic N) is 1. The van der Waals surface area contributed by atoms with Gasteiger partial charge in [0, 0.05) is 26.7 Å². The Bertz CT molecular complexity index is 485. The number of amides is 1. The molecule has 1 saturated carbocycles. The lowest BCUT2D eigenvalue weighted by Crippen LogP contribution is -2.67. The van der Waals surface area contributed by atoms with Crippen molar-refractivity contribution in [2.45, 2.75) is 68.1 Å². The molecular weight excluding hydrogens is 354 g/mol. The second-order valence-electron chi connectivity index (χ2n) is 7.39. The quantitative estimate of drug-likeness (QED) is 0.313. The van der Waals surface area contributed by atoms with Gasteiger partial charge < -0.3 is 46.7 Å². The van der Waals surface area contributed by atoms with Crippen molar-refractivity contribution < 1.29 is 24.1 Å². The molecule has 0 bridgehead atoms. The molecule has 1 heterocycles. The van der Waals surface area contributed by atoms with Gasteiger partial charge in [-0.1, -0.05) is 0 Å². The van der Waals surface area contributed by atoms with Crippen molar-refractivity contribution in [2.24, 2.45) is 17.2 Å². The molecule has 10 nitrogen and oxygen atoms in total. The standard InChI is InChI=1S/C17H35N5O5/c1-21-8-9-4-5-10(19)17(26-9)27-16-11(20)6-12(25-3)14(15(16)24)22(2)13(23)7-18/h9-12,14-17,21,24H,4-8,18-20H2,1-3H3/t9-,10+,11-,12-,14-,15+,16+,17+/m0/s1. The number of hydrogen-bond donors (Lipinski definition) is 5. The lowest BCUT2D eigenvalue weighted by atomic mass is 9.83. The van der Waals surface area contributed by atoms with Crippen LogP contribution in [-0.2, 0) is 19.0 Å². The summed E-state index contributed by atoms with van der Waals surface area (Å²) in [5.41, 5.74) is 17.9. The molecule has 1 aliphatic carbocycles. The van der Waals surface area contributed by atoms with Crippen LogP contribution in [0.1, 0.15) is 19.3 Å². The average molecular weight is 389 g/mol. The van der Waals surface area contributed by atoms with Gasteiger partial charge in [-0.15, -0.1) is 0 Å². The minimum absolute atomic E-state index is 0.0132. The Morgan fingerprint density at radius 1 is 1.33 bits per heavy atom. The molecule has 1 aliphatic heterocycles. The maximum Gasteiger partial charge on any atom is 0.236 e. The summed E-state index contributed by atoms with van der Waals surface area (Å²) in [6.07, 6.45) is -0.883. The molecule has 158 valence electrons. The molecule has 2 aliphatic rings. The van der Waals surface area contributed by atoms with Crippen LogP contribution in [0.25, 0.3) is 0 Å². The predicted molar refractivity (Wildman–Crippen MR) is 99.7 cm³/mol. The Hall–Kier alpha value is -0.850. The Labute approximate surface area is 160 Å². The summed E-state index contributed by atoms with van der Waals surface area (Å²) < 4.78 is 17.5. The maximum absolute atomic E-state index is 12.1. The molecule has 10 heteroatoms. The number of carbonyl (C=O) groups is 1. The average Bonchev–Trinajstić information content (AvgIpc) is 2.65. The van der Waals surface area contributed by atoms with Gasteiger partial charge in [0.1, 0.15) is 12.2 Å². The predicted octanol–water partition coefficient (Wildman–Crippen LogP) is -2.68. The summed E-state index contributed by atoms with van der Waals surface area (Å²) in [5, 5.41) is 14.1. The van der Waals surface area contributed by atoms with Crippen molar-refractivity contribution in [1.29, 1.82) is 0 Å². The molecule has 0 aromatic rings. The highest BCUT2D eigenvalue weighted by Crippen LogP contribution is 2.30. The summed E-state index contributed by atoms with van der Waals surface area (Å²) in [6, 6.07) is -1.41. The molecule has 0 aromatic heterocycles. The molecule has 2 rings (SSSR count). The Balaban J connectivity index is 2.13. The van der Waals surface area contributed by atoms with E-state index in [1.54, 1.807) is 7.05 Å². The first-order chi connectivity index (χ1) is 12.8. The molecule has 8 atom stereocenters. The molecule has 0 aromatic carbocycles. The van der Waals surface area contributed by atoms with E-state index in [-0.39, 0.29) is 24.6 Å². The third-order valence-corrected chi connectivity index (χ3v) is 5.53. The number of aliphatic hydroxyl groups excluding tert-OH is 1. The summed E-state index contributed by atoms with van der Waals surface area (Å²) >= 11 is 0. The van der Waals surface area contributed by atoms with Gasteiger partial charge in [0.05, 0.1) is 30.8 Å². The van der Waals surface area contributed by atoms with Crippen LogP contribution in [0, 0.1) is 0 Å². The first kappa shape index (κ1) is 22.4. The molecule has 0 radical (unpaired) electrons. The highest BCUT2D eigenvalue weighted by Gasteiger charge is 2.48. The van der Waals surface area contributed by atoms with Crippen molar-refractivity contribution in [3.8, 4) is 0 Å². The number of nitrogens with one attached hydrogen (secondary N) is 1. The van der Waals surface area contributed by atoms with Crippen molar-refractivity contribution in [1.82, 2.24) is 10.2 Å². The molecular formula is C17H35N5O5. The number of aliphatic hydroxyl groups is 1. The maximum atomic E-state index is 12.1. The van der Waals surface area contributed by atoms with Crippen LogP contribution in [0.2, 0.25) is 0 Å². The number of ether oxygens (including phenoxy) is 3. The number of methoxy groups -OCH3 is 1. The summed E-state index contributed by atoms with van der Waals surface area (Å²) in [4.78, 5) is 13.5. The fourth-order valence-corrected chi connectivity index (χ4v) is 3.95. The Morgan fingerprint density at radius 3 is 2.63 bits per heavy atom. The first-order valence-corrected chi connectivity index (χ1v) is 9.47.